The summed E-state index contributed by atoms with van der Waals surface area (Å²) in [6, 6.07) is 4.23. The molecule has 0 aliphatic carbocycles. The Balaban J connectivity index is 2.55. The highest BCUT2D eigenvalue weighted by Crippen LogP contribution is 2.15. The first-order valence-electron chi connectivity index (χ1n) is 7.08. The third-order valence-corrected chi connectivity index (χ3v) is 4.80. The molecule has 120 valence electrons. The molecule has 0 spiro atoms. The summed E-state index contributed by atoms with van der Waals surface area (Å²) in [6.45, 7) is 7.45. The number of rotatable bonds is 7. The van der Waals surface area contributed by atoms with Gasteiger partial charge in [0.25, 0.3) is 0 Å². The fourth-order valence-corrected chi connectivity index (χ4v) is 3.34. The summed E-state index contributed by atoms with van der Waals surface area (Å²) in [5, 5.41) is 6.43. The number of guanidine groups is 1. The van der Waals surface area contributed by atoms with Crippen LogP contribution in [0, 0.1) is 6.92 Å². The SMILES string of the molecule is CCNC(=NCc1ccc(C)s1)NC(C)CCS(C)(=O)=O. The summed E-state index contributed by atoms with van der Waals surface area (Å²) in [5.74, 6) is 0.912. The van der Waals surface area contributed by atoms with E-state index >= 15 is 0 Å². The first-order valence-corrected chi connectivity index (χ1v) is 9.95. The van der Waals surface area contributed by atoms with Crippen LogP contribution in [0.4, 0.5) is 0 Å². The molecule has 0 aliphatic heterocycles. The van der Waals surface area contributed by atoms with Gasteiger partial charge < -0.3 is 10.6 Å². The van der Waals surface area contributed by atoms with Crippen LogP contribution in [-0.4, -0.2) is 39.0 Å². The Labute approximate surface area is 131 Å². The molecule has 1 unspecified atom stereocenters. The molecule has 1 heterocycles. The van der Waals surface area contributed by atoms with Crippen LogP contribution < -0.4 is 10.6 Å². The lowest BCUT2D eigenvalue weighted by molar-refractivity contribution is 0.581. The second-order valence-electron chi connectivity index (χ2n) is 5.17. The van der Waals surface area contributed by atoms with E-state index in [1.54, 1.807) is 11.3 Å². The maximum Gasteiger partial charge on any atom is 0.191 e. The van der Waals surface area contributed by atoms with Crippen LogP contribution in [0.2, 0.25) is 0 Å². The lowest BCUT2D eigenvalue weighted by Crippen LogP contribution is -2.42. The van der Waals surface area contributed by atoms with Gasteiger partial charge in [0.05, 0.1) is 12.3 Å². The Morgan fingerprint density at radius 2 is 2.14 bits per heavy atom. The smallest absolute Gasteiger partial charge is 0.191 e. The number of hydrogen-bond acceptors (Lipinski definition) is 4. The predicted molar refractivity (Wildman–Crippen MR) is 90.8 cm³/mol. The molecule has 0 saturated heterocycles. The number of hydrogen-bond donors (Lipinski definition) is 2. The largest absolute Gasteiger partial charge is 0.357 e. The molecule has 7 heteroatoms. The van der Waals surface area contributed by atoms with E-state index in [4.69, 9.17) is 0 Å². The topological polar surface area (TPSA) is 70.6 Å². The van der Waals surface area contributed by atoms with Gasteiger partial charge in [-0.05, 0) is 39.3 Å². The van der Waals surface area contributed by atoms with Gasteiger partial charge in [-0.2, -0.15) is 0 Å². The van der Waals surface area contributed by atoms with Crippen molar-refractivity contribution in [3.8, 4) is 0 Å². The highest BCUT2D eigenvalue weighted by molar-refractivity contribution is 7.90. The fourth-order valence-electron chi connectivity index (χ4n) is 1.74. The van der Waals surface area contributed by atoms with Gasteiger partial charge in [-0.15, -0.1) is 11.3 Å². The maximum atomic E-state index is 11.2. The molecular weight excluding hydrogens is 306 g/mol. The molecule has 0 aromatic carbocycles. The molecule has 0 aliphatic rings. The first-order chi connectivity index (χ1) is 9.80. The highest BCUT2D eigenvalue weighted by Gasteiger charge is 2.09. The molecule has 1 rings (SSSR count). The van der Waals surface area contributed by atoms with Gasteiger partial charge in [-0.3, -0.25) is 0 Å². The number of thiophene rings is 1. The van der Waals surface area contributed by atoms with Gasteiger partial charge in [0.2, 0.25) is 0 Å². The molecule has 0 saturated carbocycles. The van der Waals surface area contributed by atoms with Crippen LogP contribution in [0.1, 0.15) is 30.0 Å². The molecule has 0 amide bonds. The quantitative estimate of drug-likeness (QED) is 0.592. The zero-order chi connectivity index (χ0) is 15.9. The molecule has 5 nitrogen and oxygen atoms in total. The van der Waals surface area contributed by atoms with E-state index in [2.05, 4.69) is 34.7 Å². The van der Waals surface area contributed by atoms with Crippen molar-refractivity contribution >= 4 is 27.1 Å². The number of nitrogens with one attached hydrogen (secondary N) is 2. The van der Waals surface area contributed by atoms with Gasteiger partial charge in [0.15, 0.2) is 5.96 Å². The molecule has 1 atom stereocenters. The van der Waals surface area contributed by atoms with Crippen LogP contribution in [0.5, 0.6) is 0 Å². The van der Waals surface area contributed by atoms with Crippen molar-refractivity contribution in [1.29, 1.82) is 0 Å². The molecule has 1 aromatic heterocycles. The van der Waals surface area contributed by atoms with Gasteiger partial charge in [0, 0.05) is 28.6 Å². The van der Waals surface area contributed by atoms with E-state index in [1.807, 2.05) is 13.8 Å². The highest BCUT2D eigenvalue weighted by atomic mass is 32.2. The van der Waals surface area contributed by atoms with Crippen molar-refractivity contribution in [3.63, 3.8) is 0 Å². The van der Waals surface area contributed by atoms with Crippen LogP contribution in [0.15, 0.2) is 17.1 Å². The molecule has 2 N–H and O–H groups in total. The maximum absolute atomic E-state index is 11.2. The minimum atomic E-state index is -2.92. The average molecular weight is 332 g/mol. The lowest BCUT2D eigenvalue weighted by atomic mass is 10.3. The monoisotopic (exact) mass is 331 g/mol. The summed E-state index contributed by atoms with van der Waals surface area (Å²) >= 11 is 1.74. The van der Waals surface area contributed by atoms with Crippen molar-refractivity contribution < 1.29 is 8.42 Å². The summed E-state index contributed by atoms with van der Waals surface area (Å²) < 4.78 is 22.4. The van der Waals surface area contributed by atoms with E-state index in [9.17, 15) is 8.42 Å². The summed E-state index contributed by atoms with van der Waals surface area (Å²) in [5.41, 5.74) is 0. The summed E-state index contributed by atoms with van der Waals surface area (Å²) in [7, 11) is -2.92. The summed E-state index contributed by atoms with van der Waals surface area (Å²) in [4.78, 5) is 7.03. The fraction of sp³-hybridized carbons (Fsp3) is 0.643. The standard InChI is InChI=1S/C14H25N3O2S2/c1-5-15-14(16-10-13-7-6-12(3)20-13)17-11(2)8-9-21(4,18)19/h6-7,11H,5,8-10H2,1-4H3,(H2,15,16,17). The van der Waals surface area contributed by atoms with E-state index in [-0.39, 0.29) is 11.8 Å². The van der Waals surface area contributed by atoms with Crippen molar-refractivity contribution in [2.24, 2.45) is 4.99 Å². The summed E-state index contributed by atoms with van der Waals surface area (Å²) in [6.07, 6.45) is 1.83. The van der Waals surface area contributed by atoms with Crippen molar-refractivity contribution in [2.45, 2.75) is 39.8 Å². The van der Waals surface area contributed by atoms with Gasteiger partial charge in [-0.25, -0.2) is 13.4 Å². The Morgan fingerprint density at radius 1 is 1.43 bits per heavy atom. The molecular formula is C14H25N3O2S2. The third kappa shape index (κ3) is 8.06. The number of aryl methyl sites for hydroxylation is 1. The normalized spacial score (nSPS) is 14.0. The van der Waals surface area contributed by atoms with E-state index in [0.717, 1.165) is 12.5 Å². The van der Waals surface area contributed by atoms with Gasteiger partial charge >= 0.3 is 0 Å². The van der Waals surface area contributed by atoms with Gasteiger partial charge in [-0.1, -0.05) is 0 Å². The second-order valence-corrected chi connectivity index (χ2v) is 8.80. The van der Waals surface area contributed by atoms with Crippen LogP contribution >= 0.6 is 11.3 Å². The molecule has 0 bridgehead atoms. The van der Waals surface area contributed by atoms with Crippen LogP contribution in [0.3, 0.4) is 0 Å². The number of sulfone groups is 1. The predicted octanol–water partition coefficient (Wildman–Crippen LogP) is 1.93. The lowest BCUT2D eigenvalue weighted by Gasteiger charge is -2.17. The number of aliphatic imine (C=N–C) groups is 1. The Kier molecular flexibility index (Phi) is 7.17. The Hall–Kier alpha value is -1.08. The third-order valence-electron chi connectivity index (χ3n) is 2.84. The van der Waals surface area contributed by atoms with Crippen molar-refractivity contribution in [2.75, 3.05) is 18.6 Å². The van der Waals surface area contributed by atoms with Crippen LogP contribution in [-0.2, 0) is 16.4 Å². The van der Waals surface area contributed by atoms with E-state index in [1.165, 1.54) is 16.0 Å². The first kappa shape index (κ1) is 18.0. The molecule has 0 fully saturated rings. The van der Waals surface area contributed by atoms with Crippen LogP contribution in [0.25, 0.3) is 0 Å². The zero-order valence-corrected chi connectivity index (χ0v) is 14.8. The van der Waals surface area contributed by atoms with E-state index in [0.29, 0.717) is 13.0 Å². The molecule has 1 aromatic rings. The van der Waals surface area contributed by atoms with Crippen molar-refractivity contribution in [3.05, 3.63) is 21.9 Å². The molecule has 0 radical (unpaired) electrons. The van der Waals surface area contributed by atoms with Gasteiger partial charge in [0.1, 0.15) is 9.84 Å². The van der Waals surface area contributed by atoms with E-state index < -0.39 is 9.84 Å². The molecule has 21 heavy (non-hydrogen) atoms. The zero-order valence-electron chi connectivity index (χ0n) is 13.1. The minimum Gasteiger partial charge on any atom is -0.357 e. The second kappa shape index (κ2) is 8.38. The number of nitrogens with zero attached hydrogens (tertiary/aromatic N) is 1. The minimum absolute atomic E-state index is 0.0580. The Morgan fingerprint density at radius 3 is 2.67 bits per heavy atom. The van der Waals surface area contributed by atoms with Crippen molar-refractivity contribution in [1.82, 2.24) is 10.6 Å². The average Bonchev–Trinajstić information content (AvgIpc) is 2.79. The Bertz CT molecular complexity index is 565.